The lowest BCUT2D eigenvalue weighted by atomic mass is 10.1. The summed E-state index contributed by atoms with van der Waals surface area (Å²) in [6.07, 6.45) is 1.47. The van der Waals surface area contributed by atoms with Crippen LogP contribution in [-0.2, 0) is 4.74 Å². The van der Waals surface area contributed by atoms with E-state index in [0.717, 1.165) is 0 Å². The summed E-state index contributed by atoms with van der Waals surface area (Å²) >= 11 is 0. The van der Waals surface area contributed by atoms with Crippen LogP contribution in [-0.4, -0.2) is 29.1 Å². The molecule has 0 aliphatic carbocycles. The number of carboxylic acids is 1. The van der Waals surface area contributed by atoms with E-state index in [1.165, 1.54) is 31.5 Å². The fraction of sp³-hybridized carbons (Fsp3) is 0.133. The van der Waals surface area contributed by atoms with E-state index < -0.39 is 11.9 Å². The van der Waals surface area contributed by atoms with Crippen LogP contribution in [0.2, 0.25) is 0 Å². The first-order chi connectivity index (χ1) is 10.0. The molecule has 0 saturated heterocycles. The summed E-state index contributed by atoms with van der Waals surface area (Å²) in [5, 5.41) is 12.1. The summed E-state index contributed by atoms with van der Waals surface area (Å²) in [7, 11) is 1.30. The highest BCUT2D eigenvalue weighted by molar-refractivity contribution is 5.91. The second-order valence-electron chi connectivity index (χ2n) is 4.38. The first-order valence-corrected chi connectivity index (χ1v) is 6.16. The summed E-state index contributed by atoms with van der Waals surface area (Å²) in [6.45, 7) is 1.73. The number of anilines is 2. The van der Waals surface area contributed by atoms with Crippen molar-refractivity contribution < 1.29 is 19.4 Å². The van der Waals surface area contributed by atoms with E-state index in [1.54, 1.807) is 19.1 Å². The van der Waals surface area contributed by atoms with Gasteiger partial charge in [0.1, 0.15) is 5.82 Å². The Morgan fingerprint density at radius 2 is 2.00 bits per heavy atom. The number of carbonyl (C=O) groups excluding carboxylic acids is 1. The van der Waals surface area contributed by atoms with Crippen LogP contribution in [0.15, 0.2) is 36.5 Å². The second-order valence-corrected chi connectivity index (χ2v) is 4.38. The van der Waals surface area contributed by atoms with Crippen molar-refractivity contribution in [1.82, 2.24) is 4.98 Å². The SMILES string of the molecule is COC(=O)c1ccnc(Nc2ccc(C)c(C(=O)O)c2)c1. The fourth-order valence-corrected chi connectivity index (χ4v) is 1.82. The van der Waals surface area contributed by atoms with Crippen LogP contribution < -0.4 is 5.32 Å². The zero-order valence-corrected chi connectivity index (χ0v) is 11.6. The molecule has 6 heteroatoms. The van der Waals surface area contributed by atoms with Crippen molar-refractivity contribution in [1.29, 1.82) is 0 Å². The second kappa shape index (κ2) is 6.04. The number of benzene rings is 1. The molecule has 0 aliphatic rings. The third-order valence-electron chi connectivity index (χ3n) is 2.92. The third-order valence-corrected chi connectivity index (χ3v) is 2.92. The molecule has 21 heavy (non-hydrogen) atoms. The Kier molecular flexibility index (Phi) is 4.18. The number of rotatable bonds is 4. The van der Waals surface area contributed by atoms with E-state index >= 15 is 0 Å². The Morgan fingerprint density at radius 1 is 1.24 bits per heavy atom. The number of aromatic carboxylic acids is 1. The van der Waals surface area contributed by atoms with E-state index in [1.807, 2.05) is 0 Å². The van der Waals surface area contributed by atoms with Gasteiger partial charge in [0, 0.05) is 11.9 Å². The number of esters is 1. The largest absolute Gasteiger partial charge is 0.478 e. The Morgan fingerprint density at radius 3 is 2.67 bits per heavy atom. The molecule has 108 valence electrons. The highest BCUT2D eigenvalue weighted by atomic mass is 16.5. The number of nitrogens with one attached hydrogen (secondary N) is 1. The quantitative estimate of drug-likeness (QED) is 0.840. The molecule has 0 atom stereocenters. The number of carboxylic acid groups (broad SMARTS) is 1. The number of nitrogens with zero attached hydrogens (tertiary/aromatic N) is 1. The summed E-state index contributed by atoms with van der Waals surface area (Å²) in [6, 6.07) is 8.04. The van der Waals surface area contributed by atoms with Gasteiger partial charge in [-0.3, -0.25) is 0 Å². The first-order valence-electron chi connectivity index (χ1n) is 6.16. The molecule has 0 amide bonds. The van der Waals surface area contributed by atoms with Crippen molar-refractivity contribution in [2.24, 2.45) is 0 Å². The maximum Gasteiger partial charge on any atom is 0.338 e. The molecular weight excluding hydrogens is 272 g/mol. The highest BCUT2D eigenvalue weighted by Crippen LogP contribution is 2.19. The third kappa shape index (κ3) is 3.36. The Hall–Kier alpha value is -2.89. The van der Waals surface area contributed by atoms with Gasteiger partial charge in [-0.2, -0.15) is 0 Å². The molecule has 2 rings (SSSR count). The van der Waals surface area contributed by atoms with Crippen molar-refractivity contribution in [2.45, 2.75) is 6.92 Å². The van der Waals surface area contributed by atoms with E-state index in [2.05, 4.69) is 15.0 Å². The highest BCUT2D eigenvalue weighted by Gasteiger charge is 2.10. The first kappa shape index (κ1) is 14.5. The summed E-state index contributed by atoms with van der Waals surface area (Å²) in [5.74, 6) is -1.03. The Bertz CT molecular complexity index is 698. The molecule has 0 radical (unpaired) electrons. The molecule has 0 fully saturated rings. The Labute approximate surface area is 121 Å². The topological polar surface area (TPSA) is 88.5 Å². The molecule has 2 aromatic rings. The zero-order chi connectivity index (χ0) is 15.4. The lowest BCUT2D eigenvalue weighted by Crippen LogP contribution is -2.04. The van der Waals surface area contributed by atoms with Gasteiger partial charge in [0.25, 0.3) is 0 Å². The number of ether oxygens (including phenoxy) is 1. The van der Waals surface area contributed by atoms with Crippen molar-refractivity contribution >= 4 is 23.4 Å². The molecule has 0 spiro atoms. The lowest BCUT2D eigenvalue weighted by molar-refractivity contribution is 0.0599. The van der Waals surface area contributed by atoms with Crippen LogP contribution in [0.5, 0.6) is 0 Å². The molecule has 0 bridgehead atoms. The number of hydrogen-bond donors (Lipinski definition) is 2. The number of methoxy groups -OCH3 is 1. The van der Waals surface area contributed by atoms with Crippen molar-refractivity contribution in [3.63, 3.8) is 0 Å². The molecule has 2 N–H and O–H groups in total. The molecule has 1 aromatic heterocycles. The van der Waals surface area contributed by atoms with Gasteiger partial charge in [-0.25, -0.2) is 14.6 Å². The maximum absolute atomic E-state index is 11.5. The predicted molar refractivity (Wildman–Crippen MR) is 77.0 cm³/mol. The van der Waals surface area contributed by atoms with Gasteiger partial charge in [-0.05, 0) is 36.8 Å². The summed E-state index contributed by atoms with van der Waals surface area (Å²) in [5.41, 5.74) is 1.82. The maximum atomic E-state index is 11.5. The average molecular weight is 286 g/mol. The van der Waals surface area contributed by atoms with Gasteiger partial charge in [0.15, 0.2) is 0 Å². The van der Waals surface area contributed by atoms with Gasteiger partial charge in [0.2, 0.25) is 0 Å². The normalized spacial score (nSPS) is 10.0. The number of aromatic nitrogens is 1. The molecule has 1 heterocycles. The minimum atomic E-state index is -0.993. The minimum Gasteiger partial charge on any atom is -0.478 e. The number of hydrogen-bond acceptors (Lipinski definition) is 5. The number of carbonyl (C=O) groups is 2. The van der Waals surface area contributed by atoms with Crippen molar-refractivity contribution in [2.75, 3.05) is 12.4 Å². The van der Waals surface area contributed by atoms with Crippen LogP contribution in [0.4, 0.5) is 11.5 Å². The standard InChI is InChI=1S/C15H14N2O4/c1-9-3-4-11(8-12(9)14(18)19)17-13-7-10(5-6-16-13)15(20)21-2/h3-8H,1-2H3,(H,16,17)(H,18,19). The van der Waals surface area contributed by atoms with Crippen LogP contribution in [0.3, 0.4) is 0 Å². The number of pyridine rings is 1. The van der Waals surface area contributed by atoms with Gasteiger partial charge in [0.05, 0.1) is 18.2 Å². The smallest absolute Gasteiger partial charge is 0.338 e. The van der Waals surface area contributed by atoms with Crippen LogP contribution in [0.25, 0.3) is 0 Å². The fourth-order valence-electron chi connectivity index (χ4n) is 1.82. The van der Waals surface area contributed by atoms with Crippen molar-refractivity contribution in [3.8, 4) is 0 Å². The predicted octanol–water partition coefficient (Wildman–Crippen LogP) is 2.62. The van der Waals surface area contributed by atoms with Crippen molar-refractivity contribution in [3.05, 3.63) is 53.2 Å². The van der Waals surface area contributed by atoms with Gasteiger partial charge >= 0.3 is 11.9 Å². The van der Waals surface area contributed by atoms with E-state index in [9.17, 15) is 9.59 Å². The molecule has 0 saturated carbocycles. The molecule has 0 aliphatic heterocycles. The molecule has 0 unspecified atom stereocenters. The summed E-state index contributed by atoms with van der Waals surface area (Å²) in [4.78, 5) is 26.6. The van der Waals surface area contributed by atoms with Gasteiger partial charge in [-0.1, -0.05) is 6.07 Å². The van der Waals surface area contributed by atoms with E-state index in [0.29, 0.717) is 22.6 Å². The monoisotopic (exact) mass is 286 g/mol. The lowest BCUT2D eigenvalue weighted by Gasteiger charge is -2.09. The minimum absolute atomic E-state index is 0.212. The Balaban J connectivity index is 2.28. The molecule has 1 aromatic carbocycles. The van der Waals surface area contributed by atoms with Crippen LogP contribution in [0, 0.1) is 6.92 Å². The number of aryl methyl sites for hydroxylation is 1. The van der Waals surface area contributed by atoms with Crippen LogP contribution >= 0.6 is 0 Å². The van der Waals surface area contributed by atoms with E-state index in [4.69, 9.17) is 5.11 Å². The zero-order valence-electron chi connectivity index (χ0n) is 11.6. The average Bonchev–Trinajstić information content (AvgIpc) is 2.48. The molecule has 6 nitrogen and oxygen atoms in total. The van der Waals surface area contributed by atoms with Gasteiger partial charge < -0.3 is 15.2 Å². The van der Waals surface area contributed by atoms with Crippen LogP contribution in [0.1, 0.15) is 26.3 Å². The molecular formula is C15H14N2O4. The van der Waals surface area contributed by atoms with E-state index in [-0.39, 0.29) is 5.56 Å². The van der Waals surface area contributed by atoms with Gasteiger partial charge in [-0.15, -0.1) is 0 Å². The summed E-state index contributed by atoms with van der Waals surface area (Å²) < 4.78 is 4.64.